The number of piperazine rings is 1. The number of amides is 2. The molecule has 2 heterocycles. The van der Waals surface area contributed by atoms with Crippen LogP contribution in [-0.4, -0.2) is 35.8 Å². The summed E-state index contributed by atoms with van der Waals surface area (Å²) in [5.41, 5.74) is 5.97. The van der Waals surface area contributed by atoms with Crippen LogP contribution in [0.5, 0.6) is 0 Å². The Bertz CT molecular complexity index is 400. The summed E-state index contributed by atoms with van der Waals surface area (Å²) in [4.78, 5) is 25.7. The van der Waals surface area contributed by atoms with Gasteiger partial charge in [-0.15, -0.1) is 11.3 Å². The molecular weight excluding hydrogens is 238 g/mol. The molecule has 2 atom stereocenters. The van der Waals surface area contributed by atoms with Gasteiger partial charge in [0.2, 0.25) is 11.8 Å². The molecule has 0 saturated carbocycles. The third-order valence-electron chi connectivity index (χ3n) is 2.70. The van der Waals surface area contributed by atoms with Crippen molar-refractivity contribution in [1.82, 2.24) is 10.2 Å². The Kier molecular flexibility index (Phi) is 3.56. The second kappa shape index (κ2) is 4.95. The predicted molar refractivity (Wildman–Crippen MR) is 65.4 cm³/mol. The molecule has 1 fully saturated rings. The highest BCUT2D eigenvalue weighted by Crippen LogP contribution is 2.27. The third kappa shape index (κ3) is 2.71. The predicted octanol–water partition coefficient (Wildman–Crippen LogP) is 0.0948. The van der Waals surface area contributed by atoms with Crippen LogP contribution in [0.15, 0.2) is 17.5 Å². The van der Waals surface area contributed by atoms with Gasteiger partial charge in [-0.05, 0) is 18.4 Å². The largest absolute Gasteiger partial charge is 0.326 e. The number of nitrogens with two attached hydrogens (primary N) is 1. The number of imide groups is 1. The number of thiophene rings is 1. The van der Waals surface area contributed by atoms with E-state index in [0.717, 1.165) is 4.88 Å². The SMILES string of the molecule is CC(N)C(c1cccs1)N1CC(=O)NC(=O)C1. The number of hydrogen-bond acceptors (Lipinski definition) is 5. The van der Waals surface area contributed by atoms with Gasteiger partial charge < -0.3 is 5.73 Å². The molecule has 6 heteroatoms. The molecular formula is C11H15N3O2S. The van der Waals surface area contributed by atoms with Gasteiger partial charge in [0.15, 0.2) is 0 Å². The fourth-order valence-corrected chi connectivity index (χ4v) is 3.06. The van der Waals surface area contributed by atoms with Crippen LogP contribution in [0.1, 0.15) is 17.8 Å². The number of rotatable bonds is 3. The molecule has 0 spiro atoms. The Morgan fingerprint density at radius 3 is 2.53 bits per heavy atom. The summed E-state index contributed by atoms with van der Waals surface area (Å²) in [6.07, 6.45) is 0. The Hall–Kier alpha value is -1.24. The molecule has 0 aromatic carbocycles. The van der Waals surface area contributed by atoms with Crippen LogP contribution in [-0.2, 0) is 9.59 Å². The average Bonchev–Trinajstić information content (AvgIpc) is 2.68. The van der Waals surface area contributed by atoms with E-state index in [1.54, 1.807) is 11.3 Å². The molecule has 2 unspecified atom stereocenters. The minimum absolute atomic E-state index is 0.0787. The fraction of sp³-hybridized carbons (Fsp3) is 0.455. The van der Waals surface area contributed by atoms with Gasteiger partial charge >= 0.3 is 0 Å². The van der Waals surface area contributed by atoms with Gasteiger partial charge in [0.05, 0.1) is 19.1 Å². The number of nitrogens with one attached hydrogen (secondary N) is 1. The summed E-state index contributed by atoms with van der Waals surface area (Å²) in [6, 6.07) is 3.72. The fourth-order valence-electron chi connectivity index (χ4n) is 2.09. The smallest absolute Gasteiger partial charge is 0.240 e. The quantitative estimate of drug-likeness (QED) is 0.749. The van der Waals surface area contributed by atoms with Crippen molar-refractivity contribution in [1.29, 1.82) is 0 Å². The number of carbonyl (C=O) groups excluding carboxylic acids is 2. The molecule has 1 aromatic rings. The lowest BCUT2D eigenvalue weighted by atomic mass is 10.1. The molecule has 3 N–H and O–H groups in total. The lowest BCUT2D eigenvalue weighted by Gasteiger charge is -2.34. The Morgan fingerprint density at radius 1 is 1.41 bits per heavy atom. The average molecular weight is 253 g/mol. The zero-order valence-corrected chi connectivity index (χ0v) is 10.4. The molecule has 1 saturated heterocycles. The first kappa shape index (κ1) is 12.2. The molecule has 0 radical (unpaired) electrons. The van der Waals surface area contributed by atoms with Crippen LogP contribution >= 0.6 is 11.3 Å². The third-order valence-corrected chi connectivity index (χ3v) is 3.64. The topological polar surface area (TPSA) is 75.4 Å². The molecule has 0 bridgehead atoms. The molecule has 92 valence electrons. The summed E-state index contributed by atoms with van der Waals surface area (Å²) >= 11 is 1.59. The Morgan fingerprint density at radius 2 is 2.06 bits per heavy atom. The van der Waals surface area contributed by atoms with Crippen LogP contribution < -0.4 is 11.1 Å². The van der Waals surface area contributed by atoms with Crippen LogP contribution in [0.4, 0.5) is 0 Å². The maximum atomic E-state index is 11.4. The first-order chi connectivity index (χ1) is 8.08. The van der Waals surface area contributed by atoms with Crippen LogP contribution in [0, 0.1) is 0 Å². The van der Waals surface area contributed by atoms with Crippen LogP contribution in [0.3, 0.4) is 0 Å². The van der Waals surface area contributed by atoms with E-state index in [1.165, 1.54) is 0 Å². The zero-order chi connectivity index (χ0) is 12.4. The highest BCUT2D eigenvalue weighted by atomic mass is 32.1. The molecule has 0 aliphatic carbocycles. The van der Waals surface area contributed by atoms with E-state index in [2.05, 4.69) is 5.32 Å². The Balaban J connectivity index is 2.22. The summed E-state index contributed by atoms with van der Waals surface area (Å²) in [7, 11) is 0. The first-order valence-electron chi connectivity index (χ1n) is 5.43. The monoisotopic (exact) mass is 253 g/mol. The zero-order valence-electron chi connectivity index (χ0n) is 9.55. The molecule has 1 aliphatic rings. The lowest BCUT2D eigenvalue weighted by Crippen LogP contribution is -2.54. The molecule has 5 nitrogen and oxygen atoms in total. The van der Waals surface area contributed by atoms with E-state index in [9.17, 15) is 9.59 Å². The molecule has 2 amide bonds. The summed E-state index contributed by atoms with van der Waals surface area (Å²) in [5.74, 6) is -0.521. The van der Waals surface area contributed by atoms with Gasteiger partial charge in [0.1, 0.15) is 0 Å². The summed E-state index contributed by atoms with van der Waals surface area (Å²) in [6.45, 7) is 2.33. The number of carbonyl (C=O) groups is 2. The van der Waals surface area contributed by atoms with E-state index >= 15 is 0 Å². The van der Waals surface area contributed by atoms with Crippen molar-refractivity contribution >= 4 is 23.2 Å². The highest BCUT2D eigenvalue weighted by molar-refractivity contribution is 7.10. The van der Waals surface area contributed by atoms with E-state index in [-0.39, 0.29) is 37.0 Å². The molecule has 2 rings (SSSR count). The van der Waals surface area contributed by atoms with Gasteiger partial charge in [-0.3, -0.25) is 19.8 Å². The van der Waals surface area contributed by atoms with Crippen LogP contribution in [0.25, 0.3) is 0 Å². The number of hydrogen-bond donors (Lipinski definition) is 2. The van der Waals surface area contributed by atoms with Crippen molar-refractivity contribution in [3.8, 4) is 0 Å². The second-order valence-electron chi connectivity index (χ2n) is 4.20. The van der Waals surface area contributed by atoms with Gasteiger partial charge in [-0.25, -0.2) is 0 Å². The summed E-state index contributed by atoms with van der Waals surface area (Å²) in [5, 5.41) is 4.26. The van der Waals surface area contributed by atoms with E-state index in [4.69, 9.17) is 5.73 Å². The highest BCUT2D eigenvalue weighted by Gasteiger charge is 2.31. The standard InChI is InChI=1S/C11H15N3O2S/c1-7(12)11(8-3-2-4-17-8)14-5-9(15)13-10(16)6-14/h2-4,7,11H,5-6,12H2,1H3,(H,13,15,16). The van der Waals surface area contributed by atoms with Crippen molar-refractivity contribution < 1.29 is 9.59 Å². The van der Waals surface area contributed by atoms with E-state index in [0.29, 0.717) is 0 Å². The lowest BCUT2D eigenvalue weighted by molar-refractivity contribution is -0.137. The maximum Gasteiger partial charge on any atom is 0.240 e. The second-order valence-corrected chi connectivity index (χ2v) is 5.17. The first-order valence-corrected chi connectivity index (χ1v) is 6.31. The minimum Gasteiger partial charge on any atom is -0.326 e. The normalized spacial score (nSPS) is 21.1. The van der Waals surface area contributed by atoms with E-state index < -0.39 is 0 Å². The van der Waals surface area contributed by atoms with Crippen molar-refractivity contribution in [3.63, 3.8) is 0 Å². The van der Waals surface area contributed by atoms with Crippen molar-refractivity contribution in [3.05, 3.63) is 22.4 Å². The maximum absolute atomic E-state index is 11.4. The molecule has 17 heavy (non-hydrogen) atoms. The van der Waals surface area contributed by atoms with Gasteiger partial charge in [0.25, 0.3) is 0 Å². The summed E-state index contributed by atoms with van der Waals surface area (Å²) < 4.78 is 0. The van der Waals surface area contributed by atoms with Crippen molar-refractivity contribution in [2.75, 3.05) is 13.1 Å². The van der Waals surface area contributed by atoms with Crippen molar-refractivity contribution in [2.45, 2.75) is 19.0 Å². The van der Waals surface area contributed by atoms with Crippen LogP contribution in [0.2, 0.25) is 0 Å². The van der Waals surface area contributed by atoms with Gasteiger partial charge in [0, 0.05) is 10.9 Å². The minimum atomic E-state index is -0.261. The molecule has 1 aromatic heterocycles. The number of nitrogens with zero attached hydrogens (tertiary/aromatic N) is 1. The van der Waals surface area contributed by atoms with Crippen molar-refractivity contribution in [2.24, 2.45) is 5.73 Å². The van der Waals surface area contributed by atoms with Gasteiger partial charge in [-0.1, -0.05) is 6.07 Å². The van der Waals surface area contributed by atoms with Gasteiger partial charge in [-0.2, -0.15) is 0 Å². The molecule has 1 aliphatic heterocycles. The van der Waals surface area contributed by atoms with E-state index in [1.807, 2.05) is 29.3 Å². The Labute approximate surface area is 104 Å².